The van der Waals surface area contributed by atoms with Gasteiger partial charge in [0.15, 0.2) is 11.5 Å². The molecule has 0 saturated carbocycles. The average Bonchev–Trinajstić information content (AvgIpc) is 3.52. The van der Waals surface area contributed by atoms with E-state index in [0.717, 1.165) is 80.4 Å². The molecule has 7 rings (SSSR count). The molecule has 2 atom stereocenters. The van der Waals surface area contributed by atoms with Gasteiger partial charge in [0.1, 0.15) is 36.1 Å². The van der Waals surface area contributed by atoms with Crippen LogP contribution in [0.3, 0.4) is 0 Å². The zero-order valence-corrected chi connectivity index (χ0v) is 24.4. The summed E-state index contributed by atoms with van der Waals surface area (Å²) in [6, 6.07) is 15.7. The molecule has 0 spiro atoms. The lowest BCUT2D eigenvalue weighted by Gasteiger charge is -2.33. The summed E-state index contributed by atoms with van der Waals surface area (Å²) in [5.41, 5.74) is 3.64. The number of pyridine rings is 1. The zero-order valence-electron chi connectivity index (χ0n) is 23.6. The maximum absolute atomic E-state index is 12.9. The minimum Gasteiger partial charge on any atom is -0.489 e. The van der Waals surface area contributed by atoms with Crippen molar-refractivity contribution in [2.24, 2.45) is 0 Å². The zero-order chi connectivity index (χ0) is 28.7. The summed E-state index contributed by atoms with van der Waals surface area (Å²) in [6.07, 6.45) is 4.83. The Morgan fingerprint density at radius 1 is 1.07 bits per heavy atom. The van der Waals surface area contributed by atoms with Gasteiger partial charge >= 0.3 is 0 Å². The topological polar surface area (TPSA) is 70.9 Å². The van der Waals surface area contributed by atoms with Crippen LogP contribution in [0.4, 0.5) is 4.39 Å². The third-order valence-corrected chi connectivity index (χ3v) is 8.75. The van der Waals surface area contributed by atoms with Crippen LogP contribution in [0.1, 0.15) is 49.2 Å². The van der Waals surface area contributed by atoms with Crippen molar-refractivity contribution >= 4 is 22.6 Å². The van der Waals surface area contributed by atoms with Crippen LogP contribution in [-0.2, 0) is 23.6 Å². The number of para-hydroxylation sites is 2. The highest BCUT2D eigenvalue weighted by molar-refractivity contribution is 6.30. The van der Waals surface area contributed by atoms with E-state index in [1.165, 1.54) is 5.56 Å². The van der Waals surface area contributed by atoms with Gasteiger partial charge in [0.25, 0.3) is 5.79 Å². The molecule has 2 fully saturated rings. The maximum Gasteiger partial charge on any atom is 0.292 e. The first kappa shape index (κ1) is 27.4. The largest absolute Gasteiger partial charge is 0.489 e. The van der Waals surface area contributed by atoms with Gasteiger partial charge in [0, 0.05) is 25.3 Å². The van der Waals surface area contributed by atoms with E-state index in [1.54, 1.807) is 12.3 Å². The van der Waals surface area contributed by atoms with Crippen LogP contribution in [0.25, 0.3) is 11.0 Å². The molecule has 5 heterocycles. The maximum atomic E-state index is 12.9. The Labute approximate surface area is 249 Å². The predicted octanol–water partition coefficient (Wildman–Crippen LogP) is 6.25. The summed E-state index contributed by atoms with van der Waals surface area (Å²) in [7, 11) is 0. The van der Waals surface area contributed by atoms with Crippen molar-refractivity contribution in [2.75, 3.05) is 33.0 Å². The highest BCUT2D eigenvalue weighted by atomic mass is 35.5. The van der Waals surface area contributed by atoms with Crippen LogP contribution in [-0.4, -0.2) is 58.5 Å². The Hall–Kier alpha value is -3.40. The number of aromatic nitrogens is 3. The van der Waals surface area contributed by atoms with E-state index in [1.807, 2.05) is 37.3 Å². The van der Waals surface area contributed by atoms with Crippen molar-refractivity contribution < 1.29 is 23.3 Å². The van der Waals surface area contributed by atoms with Gasteiger partial charge in [-0.05, 0) is 68.6 Å². The van der Waals surface area contributed by atoms with Crippen LogP contribution in [0.15, 0.2) is 54.7 Å². The molecule has 2 aromatic heterocycles. The smallest absolute Gasteiger partial charge is 0.292 e. The Kier molecular flexibility index (Phi) is 7.42. The first-order valence-corrected chi connectivity index (χ1v) is 15.0. The van der Waals surface area contributed by atoms with Crippen LogP contribution >= 0.6 is 11.6 Å². The fourth-order valence-electron chi connectivity index (χ4n) is 6.21. The molecule has 42 heavy (non-hydrogen) atoms. The fourth-order valence-corrected chi connectivity index (χ4v) is 6.32. The second-order valence-electron chi connectivity index (χ2n) is 11.3. The van der Waals surface area contributed by atoms with Crippen molar-refractivity contribution in [3.8, 4) is 17.2 Å². The molecular formula is C32H34ClFN4O4. The number of benzene rings is 2. The number of fused-ring (bicyclic) bond motifs is 2. The van der Waals surface area contributed by atoms with Crippen LogP contribution in [0.5, 0.6) is 17.2 Å². The Morgan fingerprint density at radius 2 is 1.90 bits per heavy atom. The van der Waals surface area contributed by atoms with E-state index in [-0.39, 0.29) is 12.7 Å². The van der Waals surface area contributed by atoms with Gasteiger partial charge in [-0.15, -0.1) is 0 Å². The van der Waals surface area contributed by atoms with Gasteiger partial charge < -0.3 is 23.5 Å². The quantitative estimate of drug-likeness (QED) is 0.228. The average molecular weight is 593 g/mol. The molecule has 8 nitrogen and oxygen atoms in total. The highest BCUT2D eigenvalue weighted by Gasteiger charge is 2.42. The van der Waals surface area contributed by atoms with Crippen LogP contribution < -0.4 is 14.2 Å². The van der Waals surface area contributed by atoms with Gasteiger partial charge in [0.05, 0.1) is 29.7 Å². The number of nitrogens with zero attached hydrogens (tertiary/aromatic N) is 4. The molecule has 2 aromatic carbocycles. The highest BCUT2D eigenvalue weighted by Crippen LogP contribution is 2.49. The summed E-state index contributed by atoms with van der Waals surface area (Å²) in [5, 5.41) is 0.572. The lowest BCUT2D eigenvalue weighted by Crippen LogP contribution is -2.35. The Bertz CT molecular complexity index is 1570. The minimum atomic E-state index is -1.00. The molecule has 10 heteroatoms. The molecule has 0 radical (unpaired) electrons. The number of imidazole rings is 1. The van der Waals surface area contributed by atoms with E-state index in [0.29, 0.717) is 22.4 Å². The molecule has 0 bridgehead atoms. The number of hydrogen-bond acceptors (Lipinski definition) is 7. The second kappa shape index (κ2) is 11.4. The molecule has 0 N–H and O–H groups in total. The normalized spacial score (nSPS) is 22.4. The predicted molar refractivity (Wildman–Crippen MR) is 157 cm³/mol. The van der Waals surface area contributed by atoms with E-state index < -0.39 is 12.5 Å². The molecule has 4 aromatic rings. The first-order chi connectivity index (χ1) is 20.5. The van der Waals surface area contributed by atoms with E-state index >= 15 is 0 Å². The first-order valence-electron chi connectivity index (χ1n) is 14.6. The number of hydrogen-bond donors (Lipinski definition) is 0. The van der Waals surface area contributed by atoms with Crippen LogP contribution in [0.2, 0.25) is 5.02 Å². The van der Waals surface area contributed by atoms with Crippen molar-refractivity contribution in [1.82, 2.24) is 19.4 Å². The molecule has 2 saturated heterocycles. The fraction of sp³-hybridized carbons (Fsp3) is 0.438. The summed E-state index contributed by atoms with van der Waals surface area (Å²) in [5.74, 6) is 2.51. The number of piperidine rings is 1. The summed E-state index contributed by atoms with van der Waals surface area (Å²) in [6.45, 7) is 5.52. The number of alkyl halides is 1. The molecular weight excluding hydrogens is 559 g/mol. The molecule has 0 amide bonds. The monoisotopic (exact) mass is 592 g/mol. The molecule has 0 aliphatic carbocycles. The molecule has 3 aliphatic heterocycles. The van der Waals surface area contributed by atoms with E-state index in [2.05, 4.69) is 26.6 Å². The van der Waals surface area contributed by atoms with Crippen molar-refractivity contribution in [2.45, 2.75) is 57.1 Å². The SMILES string of the molecule is C[C@]1(c2ccc(Cl)cn2)Oc2cccc(C3CCN(Cc4nc5c(OCCF)cccc5n4C[C@@H]4CCO4)CC3)c2O1. The van der Waals surface area contributed by atoms with E-state index in [9.17, 15) is 4.39 Å². The lowest BCUT2D eigenvalue weighted by atomic mass is 9.88. The van der Waals surface area contributed by atoms with Crippen molar-refractivity contribution in [3.05, 3.63) is 76.8 Å². The van der Waals surface area contributed by atoms with Crippen molar-refractivity contribution in [3.63, 3.8) is 0 Å². The second-order valence-corrected chi connectivity index (χ2v) is 11.8. The summed E-state index contributed by atoms with van der Waals surface area (Å²) >= 11 is 6.05. The van der Waals surface area contributed by atoms with Gasteiger partial charge in [-0.3, -0.25) is 9.88 Å². The number of halogens is 2. The minimum absolute atomic E-state index is 0.0217. The molecule has 3 aliphatic rings. The van der Waals surface area contributed by atoms with Gasteiger partial charge in [-0.25, -0.2) is 9.37 Å². The Balaban J connectivity index is 1.07. The van der Waals surface area contributed by atoms with Crippen LogP contribution in [0, 0.1) is 0 Å². The molecule has 0 unspecified atom stereocenters. The number of ether oxygens (including phenoxy) is 4. The van der Waals surface area contributed by atoms with Gasteiger partial charge in [-0.1, -0.05) is 29.8 Å². The molecule has 220 valence electrons. The lowest BCUT2D eigenvalue weighted by molar-refractivity contribution is -0.0722. The standard InChI is InChI=1S/C32H34ClFN4O4/c1-32(28-9-8-22(33)18-35-28)41-27-7-2-4-24(31(27)42-32)21-10-14-37(15-11-21)20-29-36-30-25(38(29)19-23-12-16-39-23)5-3-6-26(30)40-17-13-34/h2-9,18,21,23H,10-17,19-20H2,1H3/t23-,32-/m0/s1. The van der Waals surface area contributed by atoms with Gasteiger partial charge in [-0.2, -0.15) is 0 Å². The van der Waals surface area contributed by atoms with E-state index in [4.69, 9.17) is 35.5 Å². The third kappa shape index (κ3) is 5.18. The third-order valence-electron chi connectivity index (χ3n) is 8.53. The van der Waals surface area contributed by atoms with Crippen molar-refractivity contribution in [1.29, 1.82) is 0 Å². The Morgan fingerprint density at radius 3 is 2.64 bits per heavy atom. The number of likely N-dealkylation sites (tertiary alicyclic amines) is 1. The van der Waals surface area contributed by atoms with Gasteiger partial charge in [0.2, 0.25) is 0 Å². The summed E-state index contributed by atoms with van der Waals surface area (Å²) < 4.78 is 39.3. The summed E-state index contributed by atoms with van der Waals surface area (Å²) in [4.78, 5) is 11.9. The number of rotatable bonds is 9.